The highest BCUT2D eigenvalue weighted by molar-refractivity contribution is 6.30. The second-order valence-electron chi connectivity index (χ2n) is 7.25. The SMILES string of the molecule is CC(N)Cc1cc(Cl)ccc1N1CCC(C(C)(C)C)C1. The number of nitrogens with two attached hydrogens (primary N) is 1. The highest BCUT2D eigenvalue weighted by Gasteiger charge is 2.32. The molecule has 20 heavy (non-hydrogen) atoms. The molecule has 1 saturated heterocycles. The van der Waals surface area contributed by atoms with Crippen molar-refractivity contribution in [2.45, 2.75) is 46.6 Å². The number of halogens is 1. The fourth-order valence-corrected chi connectivity index (χ4v) is 3.25. The van der Waals surface area contributed by atoms with Crippen molar-refractivity contribution < 1.29 is 0 Å². The van der Waals surface area contributed by atoms with E-state index in [1.54, 1.807) is 0 Å². The summed E-state index contributed by atoms with van der Waals surface area (Å²) in [5.74, 6) is 0.751. The van der Waals surface area contributed by atoms with Crippen LogP contribution in [0.3, 0.4) is 0 Å². The maximum absolute atomic E-state index is 6.15. The Morgan fingerprint density at radius 3 is 2.65 bits per heavy atom. The number of nitrogens with zero attached hydrogens (tertiary/aromatic N) is 1. The van der Waals surface area contributed by atoms with Gasteiger partial charge in [-0.05, 0) is 54.9 Å². The molecule has 0 aromatic heterocycles. The molecule has 0 saturated carbocycles. The molecule has 0 amide bonds. The lowest BCUT2D eigenvalue weighted by Gasteiger charge is -2.28. The fourth-order valence-electron chi connectivity index (χ4n) is 3.06. The van der Waals surface area contributed by atoms with Crippen LogP contribution in [0.5, 0.6) is 0 Å². The van der Waals surface area contributed by atoms with Crippen molar-refractivity contribution in [1.29, 1.82) is 0 Å². The van der Waals surface area contributed by atoms with Crippen molar-refractivity contribution >= 4 is 17.3 Å². The van der Waals surface area contributed by atoms with Crippen molar-refractivity contribution in [3.8, 4) is 0 Å². The number of anilines is 1. The smallest absolute Gasteiger partial charge is 0.0410 e. The number of benzene rings is 1. The predicted octanol–water partition coefficient (Wildman–Crippen LogP) is 4.10. The highest BCUT2D eigenvalue weighted by atomic mass is 35.5. The van der Waals surface area contributed by atoms with Gasteiger partial charge in [-0.2, -0.15) is 0 Å². The Kier molecular flexibility index (Phi) is 4.66. The Balaban J connectivity index is 2.21. The minimum atomic E-state index is 0.160. The average molecular weight is 295 g/mol. The Labute approximate surface area is 128 Å². The lowest BCUT2D eigenvalue weighted by atomic mass is 9.80. The molecule has 1 aliphatic rings. The fraction of sp³-hybridized carbons (Fsp3) is 0.647. The summed E-state index contributed by atoms with van der Waals surface area (Å²) < 4.78 is 0. The third kappa shape index (κ3) is 3.67. The number of hydrogen-bond donors (Lipinski definition) is 1. The van der Waals surface area contributed by atoms with E-state index in [9.17, 15) is 0 Å². The minimum Gasteiger partial charge on any atom is -0.371 e. The summed E-state index contributed by atoms with van der Waals surface area (Å²) in [4.78, 5) is 2.50. The molecule has 1 fully saturated rings. The lowest BCUT2D eigenvalue weighted by Crippen LogP contribution is -2.27. The van der Waals surface area contributed by atoms with Crippen molar-refractivity contribution in [3.63, 3.8) is 0 Å². The summed E-state index contributed by atoms with van der Waals surface area (Å²) in [6.07, 6.45) is 2.15. The van der Waals surface area contributed by atoms with Crippen LogP contribution in [0.1, 0.15) is 39.7 Å². The Morgan fingerprint density at radius 2 is 2.10 bits per heavy atom. The normalized spacial score (nSPS) is 21.3. The molecule has 1 heterocycles. The van der Waals surface area contributed by atoms with Crippen LogP contribution in [0.15, 0.2) is 18.2 Å². The van der Waals surface area contributed by atoms with Crippen LogP contribution in [0.25, 0.3) is 0 Å². The molecule has 2 unspecified atom stereocenters. The van der Waals surface area contributed by atoms with Crippen LogP contribution >= 0.6 is 11.6 Å². The first-order valence-corrected chi connectivity index (χ1v) is 7.94. The van der Waals surface area contributed by atoms with Crippen LogP contribution in [0.4, 0.5) is 5.69 Å². The standard InChI is InChI=1S/C17H27ClN2/c1-12(19)9-13-10-15(18)5-6-16(13)20-8-7-14(11-20)17(2,3)4/h5-6,10,12,14H,7-9,11,19H2,1-4H3. The molecular weight excluding hydrogens is 268 g/mol. The van der Waals surface area contributed by atoms with Gasteiger partial charge in [0.25, 0.3) is 0 Å². The summed E-state index contributed by atoms with van der Waals surface area (Å²) in [7, 11) is 0. The molecule has 0 spiro atoms. The van der Waals surface area contributed by atoms with Crippen LogP contribution in [-0.4, -0.2) is 19.1 Å². The third-order valence-electron chi connectivity index (χ3n) is 4.34. The van der Waals surface area contributed by atoms with E-state index in [1.807, 2.05) is 13.0 Å². The highest BCUT2D eigenvalue weighted by Crippen LogP contribution is 2.37. The van der Waals surface area contributed by atoms with E-state index < -0.39 is 0 Å². The molecule has 1 aromatic rings. The second-order valence-corrected chi connectivity index (χ2v) is 7.69. The molecule has 1 aromatic carbocycles. The maximum atomic E-state index is 6.15. The Bertz CT molecular complexity index is 463. The molecule has 2 N–H and O–H groups in total. The van der Waals surface area contributed by atoms with Crippen molar-refractivity contribution in [1.82, 2.24) is 0 Å². The zero-order valence-corrected chi connectivity index (χ0v) is 13.9. The summed E-state index contributed by atoms with van der Waals surface area (Å²) in [6.45, 7) is 11.3. The largest absolute Gasteiger partial charge is 0.371 e. The molecular formula is C17H27ClN2. The second kappa shape index (κ2) is 5.95. The molecule has 0 bridgehead atoms. The summed E-state index contributed by atoms with van der Waals surface area (Å²) in [5, 5.41) is 0.802. The van der Waals surface area contributed by atoms with E-state index >= 15 is 0 Å². The molecule has 2 rings (SSSR count). The van der Waals surface area contributed by atoms with Gasteiger partial charge in [0.05, 0.1) is 0 Å². The van der Waals surface area contributed by atoms with Gasteiger partial charge in [0.1, 0.15) is 0 Å². The molecule has 3 heteroatoms. The van der Waals surface area contributed by atoms with Gasteiger partial charge in [0.15, 0.2) is 0 Å². The van der Waals surface area contributed by atoms with Crippen LogP contribution < -0.4 is 10.6 Å². The summed E-state index contributed by atoms with van der Waals surface area (Å²) in [6, 6.07) is 6.38. The zero-order valence-electron chi connectivity index (χ0n) is 13.1. The van der Waals surface area contributed by atoms with Crippen LogP contribution in [0.2, 0.25) is 5.02 Å². The first-order valence-electron chi connectivity index (χ1n) is 7.56. The van der Waals surface area contributed by atoms with E-state index in [1.165, 1.54) is 17.7 Å². The van der Waals surface area contributed by atoms with Gasteiger partial charge >= 0.3 is 0 Å². The quantitative estimate of drug-likeness (QED) is 0.909. The average Bonchev–Trinajstić information content (AvgIpc) is 2.77. The number of hydrogen-bond acceptors (Lipinski definition) is 2. The van der Waals surface area contributed by atoms with Crippen LogP contribution in [0, 0.1) is 11.3 Å². The molecule has 0 aliphatic carbocycles. The molecule has 2 nitrogen and oxygen atoms in total. The number of rotatable bonds is 3. The lowest BCUT2D eigenvalue weighted by molar-refractivity contribution is 0.263. The van der Waals surface area contributed by atoms with Crippen LogP contribution in [-0.2, 0) is 6.42 Å². The van der Waals surface area contributed by atoms with Gasteiger partial charge in [-0.3, -0.25) is 0 Å². The van der Waals surface area contributed by atoms with E-state index in [4.69, 9.17) is 17.3 Å². The summed E-state index contributed by atoms with van der Waals surface area (Å²) in [5.41, 5.74) is 8.95. The first kappa shape index (κ1) is 15.7. The van der Waals surface area contributed by atoms with Gasteiger partial charge in [-0.15, -0.1) is 0 Å². The Hall–Kier alpha value is -0.730. The van der Waals surface area contributed by atoms with E-state index in [-0.39, 0.29) is 6.04 Å². The minimum absolute atomic E-state index is 0.160. The van der Waals surface area contributed by atoms with E-state index in [2.05, 4.69) is 37.8 Å². The molecule has 1 aliphatic heterocycles. The van der Waals surface area contributed by atoms with E-state index in [0.29, 0.717) is 5.41 Å². The predicted molar refractivity (Wildman–Crippen MR) is 88.6 cm³/mol. The Morgan fingerprint density at radius 1 is 1.40 bits per heavy atom. The monoisotopic (exact) mass is 294 g/mol. The third-order valence-corrected chi connectivity index (χ3v) is 4.57. The zero-order chi connectivity index (χ0) is 14.9. The summed E-state index contributed by atoms with van der Waals surface area (Å²) >= 11 is 6.15. The van der Waals surface area contributed by atoms with Crippen molar-refractivity contribution in [3.05, 3.63) is 28.8 Å². The van der Waals surface area contributed by atoms with Crippen molar-refractivity contribution in [2.24, 2.45) is 17.1 Å². The molecule has 112 valence electrons. The molecule has 2 atom stereocenters. The topological polar surface area (TPSA) is 29.3 Å². The first-order chi connectivity index (χ1) is 9.27. The van der Waals surface area contributed by atoms with Crippen molar-refractivity contribution in [2.75, 3.05) is 18.0 Å². The van der Waals surface area contributed by atoms with E-state index in [0.717, 1.165) is 30.5 Å². The van der Waals surface area contributed by atoms with Gasteiger partial charge in [-0.25, -0.2) is 0 Å². The van der Waals surface area contributed by atoms with Gasteiger partial charge in [0, 0.05) is 29.8 Å². The maximum Gasteiger partial charge on any atom is 0.0410 e. The molecule has 0 radical (unpaired) electrons. The van der Waals surface area contributed by atoms with Gasteiger partial charge < -0.3 is 10.6 Å². The van der Waals surface area contributed by atoms with Gasteiger partial charge in [-0.1, -0.05) is 32.4 Å². The van der Waals surface area contributed by atoms with Gasteiger partial charge in [0.2, 0.25) is 0 Å².